The summed E-state index contributed by atoms with van der Waals surface area (Å²) in [5.41, 5.74) is -9.04. The molecule has 0 amide bonds. The monoisotopic (exact) mass is 482 g/mol. The minimum absolute atomic E-state index is 0.223. The van der Waals surface area contributed by atoms with Crippen LogP contribution in [0.25, 0.3) is 0 Å². The standard InChI is InChI=1S/C26H26O9/c1-21(2)20(29)24(30)10-12-6-5-8-22(3)14(12)15(18(27)33-16(22)13-7-9-32-11-13)25(24,31)23(4)26(21)17(34-26)19(28)35-23/h6-7,9,11,16-17,30-31H,5,8,10H2,1-4H3. The topological polar surface area (TPSA) is 136 Å². The van der Waals surface area contributed by atoms with Gasteiger partial charge in [-0.1, -0.05) is 13.0 Å². The number of allylic oxidation sites excluding steroid dienone is 1. The number of carbonyl (C=O) groups excluding carboxylic acids is 3. The van der Waals surface area contributed by atoms with Gasteiger partial charge in [0.15, 0.2) is 34.3 Å². The molecule has 4 heterocycles. The lowest BCUT2D eigenvalue weighted by atomic mass is 9.42. The number of hydrogen-bond acceptors (Lipinski definition) is 9. The lowest BCUT2D eigenvalue weighted by molar-refractivity contribution is -0.279. The fraction of sp³-hybridized carbons (Fsp3) is 0.577. The molecule has 0 radical (unpaired) electrons. The number of hydrogen-bond donors (Lipinski definition) is 2. The molecule has 1 aromatic heterocycles. The quantitative estimate of drug-likeness (QED) is 0.454. The number of esters is 2. The van der Waals surface area contributed by atoms with Crippen molar-refractivity contribution >= 4 is 17.7 Å². The van der Waals surface area contributed by atoms with Gasteiger partial charge in [0.05, 0.1) is 23.5 Å². The first kappa shape index (κ1) is 21.5. The third kappa shape index (κ3) is 1.85. The summed E-state index contributed by atoms with van der Waals surface area (Å²) >= 11 is 0. The first-order chi connectivity index (χ1) is 16.3. The molecular formula is C26H26O9. The van der Waals surface area contributed by atoms with Crippen LogP contribution in [0, 0.1) is 10.8 Å². The van der Waals surface area contributed by atoms with E-state index in [4.69, 9.17) is 18.6 Å². The van der Waals surface area contributed by atoms with Gasteiger partial charge < -0.3 is 28.8 Å². The Bertz CT molecular complexity index is 1320. The summed E-state index contributed by atoms with van der Waals surface area (Å²) in [6.45, 7) is 6.57. The van der Waals surface area contributed by atoms with E-state index in [1.54, 1.807) is 19.9 Å². The number of cyclic esters (lactones) is 1. The van der Waals surface area contributed by atoms with Crippen LogP contribution in [-0.2, 0) is 28.6 Å². The fourth-order valence-corrected chi connectivity index (χ4v) is 8.24. The summed E-state index contributed by atoms with van der Waals surface area (Å²) < 4.78 is 22.8. The zero-order valence-electron chi connectivity index (χ0n) is 19.8. The smallest absolute Gasteiger partial charge is 0.339 e. The van der Waals surface area contributed by atoms with Crippen LogP contribution in [0.2, 0.25) is 0 Å². The minimum atomic E-state index is -2.59. The van der Waals surface area contributed by atoms with Crippen molar-refractivity contribution in [2.75, 3.05) is 0 Å². The molecule has 1 spiro atoms. The zero-order valence-corrected chi connectivity index (χ0v) is 19.8. The number of ketones is 1. The lowest BCUT2D eigenvalue weighted by Crippen LogP contribution is -2.85. The van der Waals surface area contributed by atoms with E-state index in [1.165, 1.54) is 19.5 Å². The molecule has 6 aliphatic rings. The highest BCUT2D eigenvalue weighted by molar-refractivity contribution is 6.07. The average Bonchev–Trinajstić information content (AvgIpc) is 3.27. The number of furan rings is 1. The van der Waals surface area contributed by atoms with Crippen molar-refractivity contribution in [2.45, 2.75) is 81.6 Å². The van der Waals surface area contributed by atoms with Crippen molar-refractivity contribution in [3.63, 3.8) is 0 Å². The third-order valence-electron chi connectivity index (χ3n) is 9.86. The van der Waals surface area contributed by atoms with E-state index in [0.717, 1.165) is 0 Å². The number of Topliss-reactive ketones (excluding diaryl/α,β-unsaturated/α-hetero) is 1. The van der Waals surface area contributed by atoms with Gasteiger partial charge in [-0.15, -0.1) is 0 Å². The van der Waals surface area contributed by atoms with Gasteiger partial charge in [-0.25, -0.2) is 9.59 Å². The van der Waals surface area contributed by atoms with E-state index in [2.05, 4.69) is 0 Å². The number of fused-ring (bicyclic) bond motifs is 3. The van der Waals surface area contributed by atoms with E-state index < -0.39 is 63.2 Å². The second-order valence-electron chi connectivity index (χ2n) is 11.7. The molecular weight excluding hydrogens is 456 g/mol. The predicted octanol–water partition coefficient (Wildman–Crippen LogP) is 1.83. The van der Waals surface area contributed by atoms with Crippen molar-refractivity contribution < 1.29 is 43.2 Å². The average molecular weight is 482 g/mol. The van der Waals surface area contributed by atoms with Gasteiger partial charge in [0, 0.05) is 17.4 Å². The van der Waals surface area contributed by atoms with Crippen molar-refractivity contribution in [3.05, 3.63) is 47.0 Å². The Labute approximate surface area is 200 Å². The van der Waals surface area contributed by atoms with Gasteiger partial charge >= 0.3 is 11.9 Å². The van der Waals surface area contributed by atoms with Gasteiger partial charge in [0.2, 0.25) is 0 Å². The molecule has 3 aliphatic carbocycles. The predicted molar refractivity (Wildman–Crippen MR) is 115 cm³/mol. The summed E-state index contributed by atoms with van der Waals surface area (Å²) in [4.78, 5) is 40.6. The first-order valence-corrected chi connectivity index (χ1v) is 11.9. The van der Waals surface area contributed by atoms with Crippen LogP contribution in [-0.4, -0.2) is 56.4 Å². The highest BCUT2D eigenvalue weighted by Crippen LogP contribution is 2.75. The third-order valence-corrected chi connectivity index (χ3v) is 9.86. The molecule has 3 aliphatic heterocycles. The molecule has 7 rings (SSSR count). The highest BCUT2D eigenvalue weighted by atomic mass is 16.7. The molecule has 9 heteroatoms. The lowest BCUT2D eigenvalue weighted by Gasteiger charge is -2.64. The van der Waals surface area contributed by atoms with Crippen LogP contribution < -0.4 is 0 Å². The Morgan fingerprint density at radius 1 is 1.03 bits per heavy atom. The number of epoxide rings is 1. The molecule has 9 nitrogen and oxygen atoms in total. The molecule has 1 aromatic rings. The highest BCUT2D eigenvalue weighted by Gasteiger charge is 2.96. The van der Waals surface area contributed by atoms with Gasteiger partial charge in [-0.05, 0) is 50.8 Å². The Balaban J connectivity index is 1.56. The molecule has 3 fully saturated rings. The van der Waals surface area contributed by atoms with Crippen LogP contribution >= 0.6 is 0 Å². The Kier molecular flexibility index (Phi) is 3.46. The Morgan fingerprint density at radius 3 is 2.43 bits per heavy atom. The van der Waals surface area contributed by atoms with Gasteiger partial charge in [0.1, 0.15) is 6.10 Å². The van der Waals surface area contributed by atoms with E-state index in [0.29, 0.717) is 29.6 Å². The normalized spacial score (nSPS) is 48.7. The summed E-state index contributed by atoms with van der Waals surface area (Å²) in [5, 5.41) is 24.8. The van der Waals surface area contributed by atoms with Crippen LogP contribution in [0.5, 0.6) is 0 Å². The van der Waals surface area contributed by atoms with E-state index in [9.17, 15) is 24.6 Å². The summed E-state index contributed by atoms with van der Waals surface area (Å²) in [7, 11) is 0. The Hall–Kier alpha value is -2.75. The molecule has 7 unspecified atom stereocenters. The van der Waals surface area contributed by atoms with E-state index in [1.807, 2.05) is 13.0 Å². The molecule has 0 bridgehead atoms. The second-order valence-corrected chi connectivity index (χ2v) is 11.7. The summed E-state index contributed by atoms with van der Waals surface area (Å²) in [6, 6.07) is 1.73. The molecule has 7 atom stereocenters. The van der Waals surface area contributed by atoms with Crippen LogP contribution in [0.4, 0.5) is 0 Å². The van der Waals surface area contributed by atoms with Gasteiger partial charge in [-0.3, -0.25) is 4.79 Å². The number of rotatable bonds is 1. The maximum absolute atomic E-state index is 14.0. The second kappa shape index (κ2) is 5.63. The maximum atomic E-state index is 14.0. The SMILES string of the molecule is CC12CCC=C3CC4(O)C(=O)C(C)(C)C56OC5C(=O)OC6(C)C4(O)C(=C31)C(=O)OC2c1ccoc1. The largest absolute Gasteiger partial charge is 0.472 e. The van der Waals surface area contributed by atoms with E-state index >= 15 is 0 Å². The van der Waals surface area contributed by atoms with Crippen LogP contribution in [0.1, 0.15) is 58.6 Å². The Morgan fingerprint density at radius 2 is 1.77 bits per heavy atom. The van der Waals surface area contributed by atoms with Gasteiger partial charge in [-0.2, -0.15) is 0 Å². The molecule has 35 heavy (non-hydrogen) atoms. The summed E-state index contributed by atoms with van der Waals surface area (Å²) in [6.07, 6.45) is 4.15. The molecule has 0 aromatic carbocycles. The first-order valence-electron chi connectivity index (χ1n) is 11.9. The van der Waals surface area contributed by atoms with E-state index in [-0.39, 0.29) is 12.0 Å². The number of aliphatic hydroxyl groups is 2. The van der Waals surface area contributed by atoms with Crippen LogP contribution in [0.3, 0.4) is 0 Å². The molecule has 184 valence electrons. The number of ether oxygens (including phenoxy) is 3. The van der Waals surface area contributed by atoms with Crippen molar-refractivity contribution in [3.8, 4) is 0 Å². The fourth-order valence-electron chi connectivity index (χ4n) is 8.24. The maximum Gasteiger partial charge on any atom is 0.339 e. The van der Waals surface area contributed by atoms with Gasteiger partial charge in [0.25, 0.3) is 0 Å². The van der Waals surface area contributed by atoms with Crippen molar-refractivity contribution in [2.24, 2.45) is 10.8 Å². The van der Waals surface area contributed by atoms with Crippen molar-refractivity contribution in [1.82, 2.24) is 0 Å². The minimum Gasteiger partial charge on any atom is -0.472 e. The molecule has 1 saturated carbocycles. The zero-order chi connectivity index (χ0) is 25.0. The molecule has 2 N–H and O–H groups in total. The van der Waals surface area contributed by atoms with Crippen LogP contribution in [0.15, 0.2) is 45.8 Å². The van der Waals surface area contributed by atoms with Crippen molar-refractivity contribution in [1.29, 1.82) is 0 Å². The summed E-state index contributed by atoms with van der Waals surface area (Å²) in [5.74, 6) is -2.30. The number of carbonyl (C=O) groups is 3. The molecule has 2 saturated heterocycles.